The molecule has 1 aromatic carbocycles. The Morgan fingerprint density at radius 1 is 1.00 bits per heavy atom. The molecule has 30 heavy (non-hydrogen) atoms. The number of rotatable bonds is 7. The van der Waals surface area contributed by atoms with Gasteiger partial charge in [0.25, 0.3) is 0 Å². The van der Waals surface area contributed by atoms with Gasteiger partial charge in [-0.2, -0.15) is 0 Å². The molecule has 2 fully saturated rings. The minimum atomic E-state index is -0.805. The quantitative estimate of drug-likeness (QED) is 0.750. The first-order valence-electron chi connectivity index (χ1n) is 11.3. The number of carbonyl (C=O) groups excluding carboxylic acids is 1. The molecular weight excluding hydrogens is 380 g/mol. The number of piperazine rings is 1. The molecule has 2 N–H and O–H groups in total. The van der Waals surface area contributed by atoms with Gasteiger partial charge in [-0.3, -0.25) is 4.90 Å². The first-order valence-corrected chi connectivity index (χ1v) is 11.3. The lowest BCUT2D eigenvalue weighted by molar-refractivity contribution is 0.211. The number of hydrogen-bond acceptors (Lipinski definition) is 6. The van der Waals surface area contributed by atoms with Crippen molar-refractivity contribution in [2.45, 2.75) is 39.2 Å². The highest BCUT2D eigenvalue weighted by Gasteiger charge is 2.24. The van der Waals surface area contributed by atoms with Crippen LogP contribution in [-0.4, -0.2) is 77.8 Å². The second kappa shape index (κ2) is 9.66. The second-order valence-corrected chi connectivity index (χ2v) is 8.34. The average molecular weight is 415 g/mol. The molecule has 0 atom stereocenters. The van der Waals surface area contributed by atoms with Gasteiger partial charge in [0.15, 0.2) is 5.75 Å². The standard InChI is InChI=1S/C22H34N6O2/c1-2-9-25-12-15-27(16-13-25)22-24-20-18(7-6-8-19(20)30-21(23)29)28(22)17-14-26-10-4-3-5-11-26/h6-8H,2-5,9-17H2,1H3,(H2,23,29). The van der Waals surface area contributed by atoms with Crippen LogP contribution in [0.1, 0.15) is 32.6 Å². The fourth-order valence-electron chi connectivity index (χ4n) is 4.67. The van der Waals surface area contributed by atoms with Crippen LogP contribution in [0.3, 0.4) is 0 Å². The number of likely N-dealkylation sites (tertiary alicyclic amines) is 1. The molecular formula is C22H34N6O2. The highest BCUT2D eigenvalue weighted by molar-refractivity contribution is 5.87. The molecule has 0 spiro atoms. The van der Waals surface area contributed by atoms with Crippen LogP contribution in [0.4, 0.5) is 10.7 Å². The van der Waals surface area contributed by atoms with E-state index in [4.69, 9.17) is 15.5 Å². The Morgan fingerprint density at radius 3 is 2.43 bits per heavy atom. The smallest absolute Gasteiger partial charge is 0.408 e. The molecule has 2 aliphatic heterocycles. The van der Waals surface area contributed by atoms with Gasteiger partial charge in [0, 0.05) is 39.3 Å². The van der Waals surface area contributed by atoms with Gasteiger partial charge >= 0.3 is 6.09 Å². The molecule has 0 unspecified atom stereocenters. The lowest BCUT2D eigenvalue weighted by Crippen LogP contribution is -2.47. The summed E-state index contributed by atoms with van der Waals surface area (Å²) in [7, 11) is 0. The number of nitrogens with zero attached hydrogens (tertiary/aromatic N) is 5. The Bertz CT molecular complexity index is 853. The number of primary amides is 1. The molecule has 2 aliphatic rings. The fourth-order valence-corrected chi connectivity index (χ4v) is 4.67. The van der Waals surface area contributed by atoms with Crippen LogP contribution < -0.4 is 15.4 Å². The van der Waals surface area contributed by atoms with Crippen LogP contribution in [0.25, 0.3) is 11.0 Å². The Kier molecular flexibility index (Phi) is 6.74. The van der Waals surface area contributed by atoms with E-state index >= 15 is 0 Å². The summed E-state index contributed by atoms with van der Waals surface area (Å²) < 4.78 is 7.55. The minimum absolute atomic E-state index is 0.433. The zero-order valence-electron chi connectivity index (χ0n) is 18.1. The zero-order chi connectivity index (χ0) is 20.9. The number of amides is 1. The van der Waals surface area contributed by atoms with Crippen LogP contribution >= 0.6 is 0 Å². The molecule has 1 amide bonds. The number of para-hydroxylation sites is 1. The van der Waals surface area contributed by atoms with Gasteiger partial charge in [-0.1, -0.05) is 19.4 Å². The van der Waals surface area contributed by atoms with Crippen molar-refractivity contribution in [1.29, 1.82) is 0 Å². The number of fused-ring (bicyclic) bond motifs is 1. The van der Waals surface area contributed by atoms with E-state index in [2.05, 4.69) is 32.3 Å². The maximum atomic E-state index is 11.4. The zero-order valence-corrected chi connectivity index (χ0v) is 18.1. The number of carbonyl (C=O) groups is 1. The van der Waals surface area contributed by atoms with Gasteiger partial charge in [0.1, 0.15) is 5.52 Å². The SMILES string of the molecule is CCCN1CCN(c2nc3c(OC(N)=O)cccc3n2CCN2CCCCC2)CC1. The molecule has 164 valence electrons. The summed E-state index contributed by atoms with van der Waals surface area (Å²) >= 11 is 0. The lowest BCUT2D eigenvalue weighted by Gasteiger charge is -2.35. The molecule has 0 saturated carbocycles. The molecule has 0 bridgehead atoms. The first-order chi connectivity index (χ1) is 14.7. The first kappa shape index (κ1) is 20.9. The largest absolute Gasteiger partial charge is 0.410 e. The molecule has 8 nitrogen and oxygen atoms in total. The van der Waals surface area contributed by atoms with E-state index < -0.39 is 6.09 Å². The summed E-state index contributed by atoms with van der Waals surface area (Å²) in [6.07, 6.45) is 4.29. The van der Waals surface area contributed by atoms with Crippen LogP contribution in [0.15, 0.2) is 18.2 Å². The predicted octanol–water partition coefficient (Wildman–Crippen LogP) is 2.51. The molecule has 1 aromatic heterocycles. The maximum Gasteiger partial charge on any atom is 0.410 e. The summed E-state index contributed by atoms with van der Waals surface area (Å²) in [4.78, 5) is 23.7. The number of benzene rings is 1. The van der Waals surface area contributed by atoms with Crippen molar-refractivity contribution in [2.75, 3.05) is 57.3 Å². The normalized spacial score (nSPS) is 18.8. The maximum absolute atomic E-state index is 11.4. The number of piperidine rings is 1. The van der Waals surface area contributed by atoms with Crippen molar-refractivity contribution < 1.29 is 9.53 Å². The number of anilines is 1. The van der Waals surface area contributed by atoms with E-state index in [-0.39, 0.29) is 0 Å². The highest BCUT2D eigenvalue weighted by atomic mass is 16.5. The van der Waals surface area contributed by atoms with Crippen molar-refractivity contribution in [1.82, 2.24) is 19.4 Å². The van der Waals surface area contributed by atoms with Crippen molar-refractivity contribution in [3.8, 4) is 5.75 Å². The highest BCUT2D eigenvalue weighted by Crippen LogP contribution is 2.30. The fraction of sp³-hybridized carbons (Fsp3) is 0.636. The third kappa shape index (κ3) is 4.70. The van der Waals surface area contributed by atoms with Crippen molar-refractivity contribution >= 4 is 23.1 Å². The molecule has 2 saturated heterocycles. The molecule has 2 aromatic rings. The Morgan fingerprint density at radius 2 is 1.73 bits per heavy atom. The van der Waals surface area contributed by atoms with Crippen LogP contribution in [-0.2, 0) is 6.54 Å². The number of nitrogens with two attached hydrogens (primary N) is 1. The van der Waals surface area contributed by atoms with E-state index in [9.17, 15) is 4.79 Å². The van der Waals surface area contributed by atoms with Crippen molar-refractivity contribution in [3.05, 3.63) is 18.2 Å². The number of imidazole rings is 1. The van der Waals surface area contributed by atoms with Crippen molar-refractivity contribution in [2.24, 2.45) is 5.73 Å². The predicted molar refractivity (Wildman–Crippen MR) is 119 cm³/mol. The third-order valence-electron chi connectivity index (χ3n) is 6.22. The topological polar surface area (TPSA) is 79.9 Å². The van der Waals surface area contributed by atoms with Gasteiger partial charge < -0.3 is 24.8 Å². The molecule has 0 radical (unpaired) electrons. The number of ether oxygens (including phenoxy) is 1. The minimum Gasteiger partial charge on any atom is -0.408 e. The second-order valence-electron chi connectivity index (χ2n) is 8.34. The Labute approximate surface area is 178 Å². The van der Waals surface area contributed by atoms with E-state index in [1.807, 2.05) is 6.07 Å². The molecule has 0 aliphatic carbocycles. The Balaban J connectivity index is 1.61. The summed E-state index contributed by atoms with van der Waals surface area (Å²) in [5.74, 6) is 1.40. The van der Waals surface area contributed by atoms with E-state index in [0.29, 0.717) is 11.3 Å². The van der Waals surface area contributed by atoms with Crippen molar-refractivity contribution in [3.63, 3.8) is 0 Å². The van der Waals surface area contributed by atoms with Gasteiger partial charge in [-0.15, -0.1) is 0 Å². The van der Waals surface area contributed by atoms with E-state index in [1.54, 1.807) is 6.07 Å². The summed E-state index contributed by atoms with van der Waals surface area (Å²) in [6, 6.07) is 5.73. The summed E-state index contributed by atoms with van der Waals surface area (Å²) in [6.45, 7) is 11.6. The summed E-state index contributed by atoms with van der Waals surface area (Å²) in [5, 5.41) is 0. The average Bonchev–Trinajstić information content (AvgIpc) is 3.13. The van der Waals surface area contributed by atoms with Gasteiger partial charge in [-0.05, 0) is 51.0 Å². The summed E-state index contributed by atoms with van der Waals surface area (Å²) in [5.41, 5.74) is 6.99. The number of aromatic nitrogens is 2. The third-order valence-corrected chi connectivity index (χ3v) is 6.22. The van der Waals surface area contributed by atoms with Crippen LogP contribution in [0.5, 0.6) is 5.75 Å². The monoisotopic (exact) mass is 414 g/mol. The molecule has 8 heteroatoms. The van der Waals surface area contributed by atoms with E-state index in [0.717, 1.165) is 57.3 Å². The molecule has 3 heterocycles. The van der Waals surface area contributed by atoms with Gasteiger partial charge in [0.05, 0.1) is 5.52 Å². The van der Waals surface area contributed by atoms with Gasteiger partial charge in [0.2, 0.25) is 5.95 Å². The van der Waals surface area contributed by atoms with Gasteiger partial charge in [-0.25, -0.2) is 9.78 Å². The van der Waals surface area contributed by atoms with Crippen LogP contribution in [0.2, 0.25) is 0 Å². The lowest BCUT2D eigenvalue weighted by atomic mass is 10.1. The van der Waals surface area contributed by atoms with E-state index in [1.165, 1.54) is 38.8 Å². The number of hydrogen-bond donors (Lipinski definition) is 1. The molecule has 4 rings (SSSR count). The van der Waals surface area contributed by atoms with Crippen LogP contribution in [0, 0.1) is 0 Å². The Hall–Kier alpha value is -2.32.